The molecule has 94 valence electrons. The normalized spacial score (nSPS) is 20.5. The van der Waals surface area contributed by atoms with E-state index in [9.17, 15) is 13.2 Å². The highest BCUT2D eigenvalue weighted by Crippen LogP contribution is 2.39. The molecule has 8 heteroatoms. The zero-order valence-electron chi connectivity index (χ0n) is 9.42. The number of hydrogen-bond acceptors (Lipinski definition) is 4. The number of carbonyl (C=O) groups is 1. The van der Waals surface area contributed by atoms with E-state index in [0.717, 1.165) is 11.3 Å². The highest BCUT2D eigenvalue weighted by atomic mass is 35.7. The van der Waals surface area contributed by atoms with Crippen molar-refractivity contribution in [3.63, 3.8) is 0 Å². The van der Waals surface area contributed by atoms with E-state index in [0.29, 0.717) is 10.7 Å². The summed E-state index contributed by atoms with van der Waals surface area (Å²) in [6, 6.07) is -0.506. The number of halogens is 1. The molecule has 1 amide bonds. The van der Waals surface area contributed by atoms with Crippen molar-refractivity contribution in [3.8, 4) is 0 Å². The minimum absolute atomic E-state index is 0.157. The molecule has 0 saturated carbocycles. The average Bonchev–Trinajstić information content (AvgIpc) is 2.52. The van der Waals surface area contributed by atoms with Crippen LogP contribution in [0.1, 0.15) is 30.6 Å². The van der Waals surface area contributed by atoms with Gasteiger partial charge in [0.25, 0.3) is 0 Å². The van der Waals surface area contributed by atoms with Crippen molar-refractivity contribution < 1.29 is 13.2 Å². The van der Waals surface area contributed by atoms with Crippen LogP contribution < -0.4 is 0 Å². The summed E-state index contributed by atoms with van der Waals surface area (Å²) in [6.07, 6.45) is 2.56. The minimum atomic E-state index is -4.01. The number of amides is 1. The molecule has 0 aromatic carbocycles. The van der Waals surface area contributed by atoms with Crippen LogP contribution in [0.25, 0.3) is 0 Å². The first-order valence-electron chi connectivity index (χ1n) is 5.13. The van der Waals surface area contributed by atoms with Gasteiger partial charge in [0.05, 0.1) is 18.2 Å². The molecule has 1 saturated heterocycles. The maximum absolute atomic E-state index is 11.3. The predicted octanol–water partition coefficient (Wildman–Crippen LogP) is 0.740. The van der Waals surface area contributed by atoms with E-state index in [-0.39, 0.29) is 6.42 Å². The number of hydrogen-bond donors (Lipinski definition) is 0. The molecular formula is C9H12ClN3O3S. The van der Waals surface area contributed by atoms with Gasteiger partial charge in [-0.15, -0.1) is 0 Å². The molecular weight excluding hydrogens is 266 g/mol. The number of carbonyl (C=O) groups excluding carboxylic acids is 1. The Labute approximate surface area is 104 Å². The monoisotopic (exact) mass is 277 g/mol. The van der Waals surface area contributed by atoms with Crippen molar-refractivity contribution in [1.29, 1.82) is 0 Å². The van der Waals surface area contributed by atoms with E-state index in [1.165, 1.54) is 0 Å². The second kappa shape index (κ2) is 3.99. The lowest BCUT2D eigenvalue weighted by Gasteiger charge is -2.36. The zero-order chi connectivity index (χ0) is 12.8. The molecule has 1 aromatic rings. The molecule has 1 aromatic heterocycles. The van der Waals surface area contributed by atoms with Gasteiger partial charge in [-0.3, -0.25) is 9.48 Å². The molecule has 0 radical (unpaired) electrons. The van der Waals surface area contributed by atoms with E-state index in [1.807, 2.05) is 6.92 Å². The van der Waals surface area contributed by atoms with Gasteiger partial charge in [-0.25, -0.2) is 4.31 Å². The third-order valence-corrected chi connectivity index (χ3v) is 4.14. The summed E-state index contributed by atoms with van der Waals surface area (Å²) in [6.45, 7) is 1.92. The Balaban J connectivity index is 2.39. The molecule has 17 heavy (non-hydrogen) atoms. The molecule has 1 unspecified atom stereocenters. The SMILES string of the molecule is CCc1nn(C)cc1C1CC(=O)N1S(=O)(=O)Cl. The van der Waals surface area contributed by atoms with Crippen molar-refractivity contribution in [2.75, 3.05) is 0 Å². The first kappa shape index (κ1) is 12.4. The van der Waals surface area contributed by atoms with Crippen molar-refractivity contribution >= 4 is 25.8 Å². The van der Waals surface area contributed by atoms with Crippen LogP contribution in [0, 0.1) is 0 Å². The lowest BCUT2D eigenvalue weighted by Crippen LogP contribution is -2.48. The maximum Gasteiger partial charge on any atom is 0.324 e. The Hall–Kier alpha value is -1.08. The summed E-state index contributed by atoms with van der Waals surface area (Å²) in [5.41, 5.74) is 1.54. The molecule has 1 fully saturated rings. The summed E-state index contributed by atoms with van der Waals surface area (Å²) in [5, 5.41) is 4.21. The largest absolute Gasteiger partial charge is 0.324 e. The van der Waals surface area contributed by atoms with Gasteiger partial charge in [-0.2, -0.15) is 13.5 Å². The first-order valence-corrected chi connectivity index (χ1v) is 7.40. The minimum Gasteiger partial charge on any atom is -0.275 e. The Bertz CT molecular complexity index is 566. The molecule has 1 aliphatic heterocycles. The van der Waals surface area contributed by atoms with Crippen LogP contribution in [0.5, 0.6) is 0 Å². The van der Waals surface area contributed by atoms with Crippen LogP contribution in [0.4, 0.5) is 0 Å². The molecule has 6 nitrogen and oxygen atoms in total. The van der Waals surface area contributed by atoms with Crippen molar-refractivity contribution in [3.05, 3.63) is 17.5 Å². The number of β-lactam (4-membered cyclic amide) rings is 1. The maximum atomic E-state index is 11.3. The third-order valence-electron chi connectivity index (χ3n) is 2.76. The highest BCUT2D eigenvalue weighted by molar-refractivity contribution is 8.12. The van der Waals surface area contributed by atoms with Gasteiger partial charge >= 0.3 is 9.24 Å². The van der Waals surface area contributed by atoms with Crippen molar-refractivity contribution in [2.24, 2.45) is 7.05 Å². The fourth-order valence-electron chi connectivity index (χ4n) is 2.02. The number of aryl methyl sites for hydroxylation is 2. The number of aromatic nitrogens is 2. The van der Waals surface area contributed by atoms with Gasteiger partial charge < -0.3 is 0 Å². The summed E-state index contributed by atoms with van der Waals surface area (Å²) in [7, 11) is 2.97. The molecule has 2 rings (SSSR count). The standard InChI is InChI=1S/C9H12ClN3O3S/c1-3-7-6(5-12(2)11-7)8-4-9(14)13(8)17(10,15)16/h5,8H,3-4H2,1-2H3. The molecule has 0 aliphatic carbocycles. The highest BCUT2D eigenvalue weighted by Gasteiger charge is 2.45. The average molecular weight is 278 g/mol. The second-order valence-electron chi connectivity index (χ2n) is 3.91. The lowest BCUT2D eigenvalue weighted by atomic mass is 9.97. The van der Waals surface area contributed by atoms with Crippen LogP contribution in [-0.4, -0.2) is 28.4 Å². The molecule has 0 spiro atoms. The summed E-state index contributed by atoms with van der Waals surface area (Å²) in [5.74, 6) is -0.476. The van der Waals surface area contributed by atoms with Crippen LogP contribution in [0.15, 0.2) is 6.20 Å². The molecule has 2 heterocycles. The number of nitrogens with zero attached hydrogens (tertiary/aromatic N) is 3. The van der Waals surface area contributed by atoms with Gasteiger partial charge in [0.2, 0.25) is 5.91 Å². The zero-order valence-corrected chi connectivity index (χ0v) is 11.0. The third kappa shape index (κ3) is 2.04. The van der Waals surface area contributed by atoms with E-state index in [4.69, 9.17) is 10.7 Å². The number of rotatable bonds is 3. The Morgan fingerprint density at radius 2 is 2.24 bits per heavy atom. The van der Waals surface area contributed by atoms with E-state index in [1.54, 1.807) is 17.9 Å². The second-order valence-corrected chi connectivity index (χ2v) is 6.30. The summed E-state index contributed by atoms with van der Waals surface area (Å²) < 4.78 is 24.8. The van der Waals surface area contributed by atoms with Crippen LogP contribution in [0.3, 0.4) is 0 Å². The van der Waals surface area contributed by atoms with E-state index < -0.39 is 21.2 Å². The lowest BCUT2D eigenvalue weighted by molar-refractivity contribution is -0.137. The smallest absolute Gasteiger partial charge is 0.275 e. The summed E-state index contributed by atoms with van der Waals surface area (Å²) >= 11 is 0. The van der Waals surface area contributed by atoms with Crippen molar-refractivity contribution in [2.45, 2.75) is 25.8 Å². The van der Waals surface area contributed by atoms with E-state index in [2.05, 4.69) is 5.10 Å². The van der Waals surface area contributed by atoms with Crippen LogP contribution in [-0.2, 0) is 27.5 Å². The van der Waals surface area contributed by atoms with Crippen LogP contribution in [0.2, 0.25) is 0 Å². The molecule has 0 bridgehead atoms. The predicted molar refractivity (Wildman–Crippen MR) is 61.6 cm³/mol. The fraction of sp³-hybridized carbons (Fsp3) is 0.556. The van der Waals surface area contributed by atoms with Gasteiger partial charge in [0.15, 0.2) is 0 Å². The van der Waals surface area contributed by atoms with Gasteiger partial charge in [0, 0.05) is 29.5 Å². The quantitative estimate of drug-likeness (QED) is 0.603. The van der Waals surface area contributed by atoms with Gasteiger partial charge in [-0.1, -0.05) is 6.92 Å². The van der Waals surface area contributed by atoms with Crippen LogP contribution >= 0.6 is 10.7 Å². The molecule has 0 N–H and O–H groups in total. The van der Waals surface area contributed by atoms with E-state index >= 15 is 0 Å². The van der Waals surface area contributed by atoms with Crippen molar-refractivity contribution in [1.82, 2.24) is 14.1 Å². The fourth-order valence-corrected chi connectivity index (χ4v) is 3.34. The Kier molecular flexibility index (Phi) is 2.90. The molecule has 1 aliphatic rings. The summed E-state index contributed by atoms with van der Waals surface area (Å²) in [4.78, 5) is 11.3. The van der Waals surface area contributed by atoms with Gasteiger partial charge in [-0.05, 0) is 6.42 Å². The molecule has 1 atom stereocenters. The first-order chi connectivity index (χ1) is 7.84. The topological polar surface area (TPSA) is 72.3 Å². The van der Waals surface area contributed by atoms with Gasteiger partial charge in [0.1, 0.15) is 0 Å². The Morgan fingerprint density at radius 1 is 1.59 bits per heavy atom. The Morgan fingerprint density at radius 3 is 2.71 bits per heavy atom.